The molecule has 2 N–H and O–H groups in total. The normalized spacial score (nSPS) is 17.6. The summed E-state index contributed by atoms with van der Waals surface area (Å²) >= 11 is 0. The van der Waals surface area contributed by atoms with Gasteiger partial charge < -0.3 is 14.9 Å². The molecule has 1 saturated carbocycles. The molecule has 15 heavy (non-hydrogen) atoms. The van der Waals surface area contributed by atoms with Crippen LogP contribution in [0.5, 0.6) is 0 Å². The molecule has 1 heterocycles. The van der Waals surface area contributed by atoms with E-state index in [1.165, 1.54) is 6.33 Å². The molecule has 82 valence electrons. The number of aromatic nitrogens is 2. The Labute approximate surface area is 86.7 Å². The molecular formula is C9H13N3O3. The molecule has 1 aromatic rings. The maximum Gasteiger partial charge on any atom is 0.320 e. The lowest BCUT2D eigenvalue weighted by Crippen LogP contribution is -2.39. The van der Waals surface area contributed by atoms with Crippen LogP contribution in [0.25, 0.3) is 0 Å². The number of carbonyl (C=O) groups is 1. The fraction of sp³-hybridized carbons (Fsp3) is 0.667. The van der Waals surface area contributed by atoms with Gasteiger partial charge in [0, 0.05) is 13.0 Å². The first-order chi connectivity index (χ1) is 7.27. The van der Waals surface area contributed by atoms with Crippen molar-refractivity contribution in [3.8, 4) is 0 Å². The van der Waals surface area contributed by atoms with E-state index in [2.05, 4.69) is 15.5 Å². The van der Waals surface area contributed by atoms with Gasteiger partial charge in [0.15, 0.2) is 6.33 Å². The summed E-state index contributed by atoms with van der Waals surface area (Å²) in [5, 5.41) is 15.4. The highest BCUT2D eigenvalue weighted by Gasteiger charge is 2.35. The Morgan fingerprint density at radius 1 is 1.73 bits per heavy atom. The molecule has 1 aliphatic rings. The minimum absolute atomic E-state index is 0.296. The van der Waals surface area contributed by atoms with Crippen LogP contribution < -0.4 is 5.32 Å². The van der Waals surface area contributed by atoms with Crippen molar-refractivity contribution in [1.82, 2.24) is 15.5 Å². The maximum atomic E-state index is 10.9. The van der Waals surface area contributed by atoms with Gasteiger partial charge in [0.25, 0.3) is 0 Å². The highest BCUT2D eigenvalue weighted by molar-refractivity contribution is 5.74. The largest absolute Gasteiger partial charge is 0.480 e. The van der Waals surface area contributed by atoms with Crippen molar-refractivity contribution in [3.05, 3.63) is 12.2 Å². The molecule has 1 fully saturated rings. The van der Waals surface area contributed by atoms with Gasteiger partial charge in [-0.05, 0) is 18.8 Å². The third kappa shape index (κ3) is 2.76. The van der Waals surface area contributed by atoms with Gasteiger partial charge in [0.2, 0.25) is 5.89 Å². The van der Waals surface area contributed by atoms with Crippen molar-refractivity contribution in [3.63, 3.8) is 0 Å². The zero-order chi connectivity index (χ0) is 10.7. The molecule has 1 unspecified atom stereocenters. The van der Waals surface area contributed by atoms with Crippen LogP contribution in [0, 0.1) is 5.92 Å². The molecule has 6 nitrogen and oxygen atoms in total. The number of hydrogen-bond donors (Lipinski definition) is 2. The van der Waals surface area contributed by atoms with E-state index in [1.54, 1.807) is 0 Å². The molecular weight excluding hydrogens is 198 g/mol. The van der Waals surface area contributed by atoms with E-state index in [1.807, 2.05) is 0 Å². The second-order valence-electron chi connectivity index (χ2n) is 3.69. The van der Waals surface area contributed by atoms with Crippen LogP contribution in [-0.2, 0) is 11.2 Å². The molecule has 0 aromatic carbocycles. The lowest BCUT2D eigenvalue weighted by molar-refractivity contribution is -0.140. The Morgan fingerprint density at radius 3 is 3.07 bits per heavy atom. The number of nitrogens with one attached hydrogen (secondary N) is 1. The van der Waals surface area contributed by atoms with Crippen LogP contribution in [0.2, 0.25) is 0 Å². The van der Waals surface area contributed by atoms with Crippen LogP contribution >= 0.6 is 0 Å². The van der Waals surface area contributed by atoms with Crippen LogP contribution in [0.3, 0.4) is 0 Å². The van der Waals surface area contributed by atoms with E-state index in [-0.39, 0.29) is 0 Å². The fourth-order valence-electron chi connectivity index (χ4n) is 1.53. The molecule has 1 aliphatic carbocycles. The quantitative estimate of drug-likeness (QED) is 0.692. The monoisotopic (exact) mass is 211 g/mol. The molecule has 0 bridgehead atoms. The Morgan fingerprint density at radius 2 is 2.53 bits per heavy atom. The summed E-state index contributed by atoms with van der Waals surface area (Å²) in [5.74, 6) is 0.0515. The van der Waals surface area contributed by atoms with E-state index in [9.17, 15) is 4.79 Å². The van der Waals surface area contributed by atoms with E-state index >= 15 is 0 Å². The number of carboxylic acid groups (broad SMARTS) is 1. The highest BCUT2D eigenvalue weighted by atomic mass is 16.5. The SMILES string of the molecule is O=C(O)C(NCCc1ncno1)C1CC1. The van der Waals surface area contributed by atoms with Gasteiger partial charge in [-0.1, -0.05) is 5.16 Å². The third-order valence-corrected chi connectivity index (χ3v) is 2.47. The second-order valence-corrected chi connectivity index (χ2v) is 3.69. The average molecular weight is 211 g/mol. The number of hydrogen-bond acceptors (Lipinski definition) is 5. The zero-order valence-electron chi connectivity index (χ0n) is 8.22. The lowest BCUT2D eigenvalue weighted by atomic mass is 10.2. The minimum Gasteiger partial charge on any atom is -0.480 e. The molecule has 6 heteroatoms. The van der Waals surface area contributed by atoms with Gasteiger partial charge in [-0.25, -0.2) is 0 Å². The maximum absolute atomic E-state index is 10.9. The van der Waals surface area contributed by atoms with Gasteiger partial charge in [0.1, 0.15) is 6.04 Å². The highest BCUT2D eigenvalue weighted by Crippen LogP contribution is 2.32. The Hall–Kier alpha value is -1.43. The number of nitrogens with zero attached hydrogens (tertiary/aromatic N) is 2. The number of aliphatic carboxylic acids is 1. The van der Waals surface area contributed by atoms with Gasteiger partial charge >= 0.3 is 5.97 Å². The van der Waals surface area contributed by atoms with Crippen molar-refractivity contribution >= 4 is 5.97 Å². The van der Waals surface area contributed by atoms with E-state index in [0.29, 0.717) is 24.8 Å². The first-order valence-electron chi connectivity index (χ1n) is 4.99. The summed E-state index contributed by atoms with van der Waals surface area (Å²) in [6.07, 6.45) is 3.91. The van der Waals surface area contributed by atoms with Crippen LogP contribution in [0.15, 0.2) is 10.9 Å². The van der Waals surface area contributed by atoms with Crippen LogP contribution in [0.4, 0.5) is 0 Å². The van der Waals surface area contributed by atoms with Crippen molar-refractivity contribution in [2.75, 3.05) is 6.54 Å². The third-order valence-electron chi connectivity index (χ3n) is 2.47. The summed E-state index contributed by atoms with van der Waals surface area (Å²) < 4.78 is 4.80. The van der Waals surface area contributed by atoms with Gasteiger partial charge in [-0.2, -0.15) is 4.98 Å². The summed E-state index contributed by atoms with van der Waals surface area (Å²) in [4.78, 5) is 14.7. The molecule has 0 aliphatic heterocycles. The number of carboxylic acids is 1. The molecule has 2 rings (SSSR count). The van der Waals surface area contributed by atoms with Gasteiger partial charge in [0.05, 0.1) is 0 Å². The Balaban J connectivity index is 1.74. The van der Waals surface area contributed by atoms with Crippen molar-refractivity contribution in [2.45, 2.75) is 25.3 Å². The molecule has 0 radical (unpaired) electrons. The standard InChI is InChI=1S/C9H13N3O3/c13-9(14)8(6-1-2-6)10-4-3-7-11-5-12-15-7/h5-6,8,10H,1-4H2,(H,13,14). The lowest BCUT2D eigenvalue weighted by Gasteiger charge is -2.11. The minimum atomic E-state index is -0.775. The Kier molecular flexibility index (Phi) is 2.96. The first kappa shape index (κ1) is 10.1. The first-order valence-corrected chi connectivity index (χ1v) is 4.99. The average Bonchev–Trinajstić information content (AvgIpc) is 2.89. The molecule has 1 aromatic heterocycles. The molecule has 1 atom stereocenters. The predicted octanol–water partition coefficient (Wildman–Crippen LogP) is 0.0649. The van der Waals surface area contributed by atoms with Gasteiger partial charge in [-0.15, -0.1) is 0 Å². The van der Waals surface area contributed by atoms with E-state index < -0.39 is 12.0 Å². The smallest absolute Gasteiger partial charge is 0.320 e. The van der Waals surface area contributed by atoms with Gasteiger partial charge in [-0.3, -0.25) is 4.79 Å². The van der Waals surface area contributed by atoms with Crippen molar-refractivity contribution in [2.24, 2.45) is 5.92 Å². The molecule has 0 saturated heterocycles. The summed E-state index contributed by atoms with van der Waals surface area (Å²) in [5.41, 5.74) is 0. The topological polar surface area (TPSA) is 88.2 Å². The Bertz CT molecular complexity index is 321. The predicted molar refractivity (Wildman–Crippen MR) is 50.2 cm³/mol. The fourth-order valence-corrected chi connectivity index (χ4v) is 1.53. The van der Waals surface area contributed by atoms with E-state index in [0.717, 1.165) is 12.8 Å². The van der Waals surface area contributed by atoms with Crippen LogP contribution in [-0.4, -0.2) is 33.8 Å². The van der Waals surface area contributed by atoms with Crippen LogP contribution in [0.1, 0.15) is 18.7 Å². The second kappa shape index (κ2) is 4.39. The summed E-state index contributed by atoms with van der Waals surface area (Å²) in [6, 6.07) is -0.423. The summed E-state index contributed by atoms with van der Waals surface area (Å²) in [6.45, 7) is 0.551. The van der Waals surface area contributed by atoms with Crippen molar-refractivity contribution < 1.29 is 14.4 Å². The molecule has 0 amide bonds. The molecule has 0 spiro atoms. The summed E-state index contributed by atoms with van der Waals surface area (Å²) in [7, 11) is 0. The zero-order valence-corrected chi connectivity index (χ0v) is 8.22. The van der Waals surface area contributed by atoms with E-state index in [4.69, 9.17) is 9.63 Å². The number of rotatable bonds is 6. The van der Waals surface area contributed by atoms with Crippen molar-refractivity contribution in [1.29, 1.82) is 0 Å².